The Kier molecular flexibility index (Phi) is 6.42. The molecule has 0 spiro atoms. The van der Waals surface area contributed by atoms with Gasteiger partial charge >= 0.3 is 0 Å². The Hall–Kier alpha value is -1.32. The zero-order valence-electron chi connectivity index (χ0n) is 15.7. The fourth-order valence-electron chi connectivity index (χ4n) is 3.79. The number of aryl methyl sites for hydroxylation is 2. The third-order valence-corrected chi connectivity index (χ3v) is 5.78. The lowest BCUT2D eigenvalue weighted by Gasteiger charge is -2.30. The van der Waals surface area contributed by atoms with E-state index in [1.54, 1.807) is 6.07 Å². The lowest BCUT2D eigenvalue weighted by Crippen LogP contribution is -2.29. The molecule has 0 aliphatic heterocycles. The summed E-state index contributed by atoms with van der Waals surface area (Å²) in [6.07, 6.45) is 7.68. The fourth-order valence-corrected chi connectivity index (χ4v) is 4.29. The van der Waals surface area contributed by atoms with E-state index in [1.807, 2.05) is 26.0 Å². The van der Waals surface area contributed by atoms with Crippen LogP contribution in [-0.4, -0.2) is 16.1 Å². The van der Waals surface area contributed by atoms with Gasteiger partial charge in [-0.05, 0) is 57.2 Å². The highest BCUT2D eigenvalue weighted by molar-refractivity contribution is 6.36. The lowest BCUT2D eigenvalue weighted by atomic mass is 9.84. The summed E-state index contributed by atoms with van der Waals surface area (Å²) >= 11 is 12.4. The first-order valence-corrected chi connectivity index (χ1v) is 10.2. The molecule has 0 saturated heterocycles. The Morgan fingerprint density at radius 1 is 1.08 bits per heavy atom. The van der Waals surface area contributed by atoms with E-state index in [4.69, 9.17) is 37.9 Å². The lowest BCUT2D eigenvalue weighted by molar-refractivity contribution is 0.0977. The zero-order valence-corrected chi connectivity index (χ0v) is 17.2. The summed E-state index contributed by atoms with van der Waals surface area (Å²) in [5, 5.41) is 1.19. The molecule has 0 bridgehead atoms. The molecule has 26 heavy (non-hydrogen) atoms. The standard InChI is InChI=1S/C21H26Cl2N2O/c1-4-19(15-8-6-5-7-9-15)26-21-14(3)24-20(13(2)25-21)17-11-10-16(22)12-18(17)23/h10-12,15,19H,4-9H2,1-3H3. The number of hydrogen-bond acceptors (Lipinski definition) is 3. The minimum atomic E-state index is 0.215. The van der Waals surface area contributed by atoms with Crippen LogP contribution in [0.5, 0.6) is 5.88 Å². The summed E-state index contributed by atoms with van der Waals surface area (Å²) in [5.41, 5.74) is 3.23. The van der Waals surface area contributed by atoms with Crippen molar-refractivity contribution in [3.8, 4) is 17.1 Å². The van der Waals surface area contributed by atoms with Crippen molar-refractivity contribution in [1.82, 2.24) is 9.97 Å². The van der Waals surface area contributed by atoms with Crippen LogP contribution in [0.3, 0.4) is 0 Å². The van der Waals surface area contributed by atoms with Crippen LogP contribution < -0.4 is 4.74 Å². The van der Waals surface area contributed by atoms with Crippen molar-refractivity contribution < 1.29 is 4.74 Å². The van der Waals surface area contributed by atoms with Gasteiger partial charge in [-0.2, -0.15) is 0 Å². The van der Waals surface area contributed by atoms with Crippen molar-refractivity contribution in [1.29, 1.82) is 0 Å². The predicted octanol–water partition coefficient (Wildman–Crippen LogP) is 6.80. The molecule has 3 rings (SSSR count). The highest BCUT2D eigenvalue weighted by Gasteiger charge is 2.25. The Balaban J connectivity index is 1.86. The van der Waals surface area contributed by atoms with Crippen LogP contribution in [-0.2, 0) is 0 Å². The van der Waals surface area contributed by atoms with E-state index in [0.717, 1.165) is 29.1 Å². The Morgan fingerprint density at radius 2 is 1.81 bits per heavy atom. The van der Waals surface area contributed by atoms with E-state index in [2.05, 4.69) is 6.92 Å². The first-order valence-electron chi connectivity index (χ1n) is 9.47. The fraction of sp³-hybridized carbons (Fsp3) is 0.524. The molecule has 3 nitrogen and oxygen atoms in total. The van der Waals surface area contributed by atoms with Crippen LogP contribution in [0.4, 0.5) is 0 Å². The first-order chi connectivity index (χ1) is 12.5. The van der Waals surface area contributed by atoms with Gasteiger partial charge in [0.1, 0.15) is 11.8 Å². The molecule has 1 aliphatic carbocycles. The number of ether oxygens (including phenoxy) is 1. The van der Waals surface area contributed by atoms with Gasteiger partial charge in [0.2, 0.25) is 5.88 Å². The summed E-state index contributed by atoms with van der Waals surface area (Å²) in [6.45, 7) is 6.08. The first kappa shape index (κ1) is 19.4. The van der Waals surface area contributed by atoms with Gasteiger partial charge in [-0.25, -0.2) is 9.97 Å². The molecular formula is C21H26Cl2N2O. The van der Waals surface area contributed by atoms with Gasteiger partial charge in [0.25, 0.3) is 0 Å². The van der Waals surface area contributed by atoms with E-state index in [-0.39, 0.29) is 6.10 Å². The maximum atomic E-state index is 6.35. The minimum Gasteiger partial charge on any atom is -0.473 e. The molecule has 1 unspecified atom stereocenters. The van der Waals surface area contributed by atoms with Crippen molar-refractivity contribution in [2.45, 2.75) is 65.4 Å². The number of nitrogens with zero attached hydrogens (tertiary/aromatic N) is 2. The second-order valence-corrected chi connectivity index (χ2v) is 7.98. The molecule has 1 aliphatic rings. The Morgan fingerprint density at radius 3 is 2.46 bits per heavy atom. The SMILES string of the molecule is CCC(Oc1nc(C)c(-c2ccc(Cl)cc2Cl)nc1C)C1CCCCC1. The number of hydrogen-bond donors (Lipinski definition) is 0. The van der Waals surface area contributed by atoms with Crippen LogP contribution >= 0.6 is 23.2 Å². The third-order valence-electron chi connectivity index (χ3n) is 5.23. The summed E-state index contributed by atoms with van der Waals surface area (Å²) < 4.78 is 6.33. The van der Waals surface area contributed by atoms with Crippen molar-refractivity contribution in [2.24, 2.45) is 5.92 Å². The molecule has 0 amide bonds. The van der Waals surface area contributed by atoms with E-state index < -0.39 is 0 Å². The van der Waals surface area contributed by atoms with Crippen molar-refractivity contribution in [3.63, 3.8) is 0 Å². The minimum absolute atomic E-state index is 0.215. The van der Waals surface area contributed by atoms with Crippen molar-refractivity contribution in [3.05, 3.63) is 39.6 Å². The van der Waals surface area contributed by atoms with E-state index >= 15 is 0 Å². The quantitative estimate of drug-likeness (QED) is 0.560. The molecule has 2 aromatic rings. The smallest absolute Gasteiger partial charge is 0.235 e. The second-order valence-electron chi connectivity index (χ2n) is 7.13. The molecule has 0 N–H and O–H groups in total. The molecule has 1 fully saturated rings. The summed E-state index contributed by atoms with van der Waals surface area (Å²) in [7, 11) is 0. The molecule has 140 valence electrons. The second kappa shape index (κ2) is 8.58. The predicted molar refractivity (Wildman–Crippen MR) is 108 cm³/mol. The molecule has 1 aromatic heterocycles. The van der Waals surface area contributed by atoms with Crippen LogP contribution in [0.25, 0.3) is 11.3 Å². The molecule has 1 saturated carbocycles. The normalized spacial score (nSPS) is 16.5. The Labute approximate surface area is 166 Å². The Bertz CT molecular complexity index is 773. The number of aromatic nitrogens is 2. The van der Waals surface area contributed by atoms with Gasteiger partial charge in [0.15, 0.2) is 0 Å². The molecule has 1 heterocycles. The summed E-state index contributed by atoms with van der Waals surface area (Å²) in [4.78, 5) is 9.47. The maximum absolute atomic E-state index is 6.35. The van der Waals surface area contributed by atoms with Gasteiger partial charge in [-0.1, -0.05) is 49.4 Å². The van der Waals surface area contributed by atoms with Gasteiger partial charge in [0, 0.05) is 10.6 Å². The molecule has 5 heteroatoms. The molecule has 0 radical (unpaired) electrons. The highest BCUT2D eigenvalue weighted by atomic mass is 35.5. The van der Waals surface area contributed by atoms with Crippen LogP contribution in [0.15, 0.2) is 18.2 Å². The van der Waals surface area contributed by atoms with E-state index in [1.165, 1.54) is 32.1 Å². The number of rotatable bonds is 5. The summed E-state index contributed by atoms with van der Waals surface area (Å²) in [6, 6.07) is 5.44. The van der Waals surface area contributed by atoms with E-state index in [0.29, 0.717) is 21.8 Å². The van der Waals surface area contributed by atoms with Gasteiger partial charge in [0.05, 0.1) is 16.4 Å². The van der Waals surface area contributed by atoms with Crippen LogP contribution in [0, 0.1) is 19.8 Å². The average Bonchev–Trinajstić information content (AvgIpc) is 2.63. The van der Waals surface area contributed by atoms with Crippen LogP contribution in [0.1, 0.15) is 56.8 Å². The van der Waals surface area contributed by atoms with Gasteiger partial charge in [-0.15, -0.1) is 0 Å². The zero-order chi connectivity index (χ0) is 18.7. The van der Waals surface area contributed by atoms with Gasteiger partial charge < -0.3 is 4.74 Å². The number of halogens is 2. The van der Waals surface area contributed by atoms with Crippen molar-refractivity contribution >= 4 is 23.2 Å². The maximum Gasteiger partial charge on any atom is 0.235 e. The number of benzene rings is 1. The van der Waals surface area contributed by atoms with E-state index in [9.17, 15) is 0 Å². The largest absolute Gasteiger partial charge is 0.473 e. The third kappa shape index (κ3) is 4.32. The average molecular weight is 393 g/mol. The van der Waals surface area contributed by atoms with Crippen molar-refractivity contribution in [2.75, 3.05) is 0 Å². The topological polar surface area (TPSA) is 35.0 Å². The van der Waals surface area contributed by atoms with Crippen LogP contribution in [0.2, 0.25) is 10.0 Å². The highest BCUT2D eigenvalue weighted by Crippen LogP contribution is 2.34. The monoisotopic (exact) mass is 392 g/mol. The molecular weight excluding hydrogens is 367 g/mol. The molecule has 1 atom stereocenters. The summed E-state index contributed by atoms with van der Waals surface area (Å²) in [5.74, 6) is 1.27. The molecule has 1 aromatic carbocycles. The van der Waals surface area contributed by atoms with Gasteiger partial charge in [-0.3, -0.25) is 0 Å².